The summed E-state index contributed by atoms with van der Waals surface area (Å²) >= 11 is 5.75. The molecule has 0 heterocycles. The normalized spacial score (nSPS) is 14.6. The number of rotatable bonds is 6. The Morgan fingerprint density at radius 2 is 2.18 bits per heavy atom. The fourth-order valence-corrected chi connectivity index (χ4v) is 2.11. The summed E-state index contributed by atoms with van der Waals surface area (Å²) in [6.45, 7) is 3.28. The molecule has 0 aliphatic heterocycles. The molecule has 2 nitrogen and oxygen atoms in total. The van der Waals surface area contributed by atoms with Crippen LogP contribution in [-0.4, -0.2) is 22.3 Å². The van der Waals surface area contributed by atoms with E-state index in [1.807, 2.05) is 6.92 Å². The molecule has 0 aromatic heterocycles. The van der Waals surface area contributed by atoms with Gasteiger partial charge in [0, 0.05) is 33.9 Å². The largest absolute Gasteiger partial charge is 0.313 e. The van der Waals surface area contributed by atoms with Crippen LogP contribution in [0.3, 0.4) is 0 Å². The zero-order chi connectivity index (χ0) is 12.8. The molecule has 96 valence electrons. The maximum atomic E-state index is 13.0. The molecule has 2 atom stereocenters. The fraction of sp³-hybridized carbons (Fsp3) is 0.500. The van der Waals surface area contributed by atoms with Crippen LogP contribution in [0.1, 0.15) is 18.9 Å². The van der Waals surface area contributed by atoms with E-state index < -0.39 is 10.8 Å². The minimum Gasteiger partial charge on any atom is -0.313 e. The first-order chi connectivity index (χ1) is 7.99. The second-order valence-electron chi connectivity index (χ2n) is 4.05. The van der Waals surface area contributed by atoms with Gasteiger partial charge in [0.25, 0.3) is 0 Å². The monoisotopic (exact) mass is 277 g/mol. The van der Waals surface area contributed by atoms with E-state index in [1.165, 1.54) is 12.1 Å². The van der Waals surface area contributed by atoms with Crippen molar-refractivity contribution in [3.63, 3.8) is 0 Å². The lowest BCUT2D eigenvalue weighted by atomic mass is 10.2. The Morgan fingerprint density at radius 1 is 1.47 bits per heavy atom. The molecule has 0 radical (unpaired) electrons. The Hall–Kier alpha value is -0.450. The standard InChI is InChI=1S/C12H17ClFNOS/c1-9(17(2)16)3-4-15-8-10-5-11(13)7-12(14)6-10/h5-7,9,15H,3-4,8H2,1-2H3. The summed E-state index contributed by atoms with van der Waals surface area (Å²) in [5.41, 5.74) is 0.820. The van der Waals surface area contributed by atoms with Gasteiger partial charge < -0.3 is 5.32 Å². The van der Waals surface area contributed by atoms with Gasteiger partial charge in [-0.3, -0.25) is 4.21 Å². The first-order valence-corrected chi connectivity index (χ1v) is 7.47. The minimum absolute atomic E-state index is 0.179. The van der Waals surface area contributed by atoms with Gasteiger partial charge in [-0.2, -0.15) is 0 Å². The first-order valence-electron chi connectivity index (χ1n) is 5.47. The number of hydrogen-bond acceptors (Lipinski definition) is 2. The van der Waals surface area contributed by atoms with Gasteiger partial charge >= 0.3 is 0 Å². The van der Waals surface area contributed by atoms with Crippen molar-refractivity contribution in [2.75, 3.05) is 12.8 Å². The molecule has 0 bridgehead atoms. The molecule has 0 amide bonds. The zero-order valence-electron chi connectivity index (χ0n) is 10.0. The highest BCUT2D eigenvalue weighted by Crippen LogP contribution is 2.13. The van der Waals surface area contributed by atoms with E-state index in [1.54, 1.807) is 12.3 Å². The molecular weight excluding hydrogens is 261 g/mol. The maximum Gasteiger partial charge on any atom is 0.125 e. The highest BCUT2D eigenvalue weighted by atomic mass is 35.5. The van der Waals surface area contributed by atoms with Gasteiger partial charge in [0.15, 0.2) is 0 Å². The van der Waals surface area contributed by atoms with Crippen LogP contribution < -0.4 is 5.32 Å². The summed E-state index contributed by atoms with van der Waals surface area (Å²) in [5, 5.41) is 3.77. The van der Waals surface area contributed by atoms with Crippen LogP contribution in [0.25, 0.3) is 0 Å². The van der Waals surface area contributed by atoms with Crippen LogP contribution in [0.5, 0.6) is 0 Å². The van der Waals surface area contributed by atoms with Crippen molar-refractivity contribution in [3.8, 4) is 0 Å². The molecule has 1 rings (SSSR count). The molecule has 0 spiro atoms. The van der Waals surface area contributed by atoms with E-state index in [2.05, 4.69) is 5.32 Å². The van der Waals surface area contributed by atoms with Gasteiger partial charge in [-0.25, -0.2) is 4.39 Å². The van der Waals surface area contributed by atoms with E-state index in [9.17, 15) is 8.60 Å². The van der Waals surface area contributed by atoms with Crippen LogP contribution in [0, 0.1) is 5.82 Å². The summed E-state index contributed by atoms with van der Waals surface area (Å²) in [4.78, 5) is 0. The predicted octanol–water partition coefficient (Wildman–Crippen LogP) is 2.73. The fourth-order valence-electron chi connectivity index (χ4n) is 1.42. The topological polar surface area (TPSA) is 29.1 Å². The molecule has 2 unspecified atom stereocenters. The predicted molar refractivity (Wildman–Crippen MR) is 71.3 cm³/mol. The van der Waals surface area contributed by atoms with E-state index in [-0.39, 0.29) is 11.1 Å². The van der Waals surface area contributed by atoms with Crippen molar-refractivity contribution in [3.05, 3.63) is 34.6 Å². The van der Waals surface area contributed by atoms with Crippen LogP contribution in [-0.2, 0) is 17.3 Å². The molecule has 0 saturated carbocycles. The van der Waals surface area contributed by atoms with E-state index in [4.69, 9.17) is 11.6 Å². The number of benzene rings is 1. The summed E-state index contributed by atoms with van der Waals surface area (Å²) in [6, 6.07) is 4.48. The van der Waals surface area contributed by atoms with Gasteiger partial charge in [0.2, 0.25) is 0 Å². The molecule has 0 aliphatic carbocycles. The van der Waals surface area contributed by atoms with Crippen LogP contribution in [0.2, 0.25) is 5.02 Å². The zero-order valence-corrected chi connectivity index (χ0v) is 11.6. The summed E-state index contributed by atoms with van der Waals surface area (Å²) in [6.07, 6.45) is 2.54. The van der Waals surface area contributed by atoms with Crippen molar-refractivity contribution >= 4 is 22.4 Å². The Labute approximate surface area is 109 Å². The molecule has 0 aliphatic rings. The van der Waals surface area contributed by atoms with E-state index >= 15 is 0 Å². The number of nitrogens with one attached hydrogen (secondary N) is 1. The molecule has 1 aromatic carbocycles. The molecule has 0 fully saturated rings. The lowest BCUT2D eigenvalue weighted by Gasteiger charge is -2.09. The van der Waals surface area contributed by atoms with Crippen molar-refractivity contribution in [1.29, 1.82) is 0 Å². The summed E-state index contributed by atoms with van der Waals surface area (Å²) in [7, 11) is -0.787. The summed E-state index contributed by atoms with van der Waals surface area (Å²) in [5.74, 6) is -0.322. The maximum absolute atomic E-state index is 13.0. The Bertz CT molecular complexity index is 380. The molecule has 0 saturated heterocycles. The molecule has 1 N–H and O–H groups in total. The van der Waals surface area contributed by atoms with Gasteiger partial charge in [0.1, 0.15) is 5.82 Å². The van der Waals surface area contributed by atoms with Crippen molar-refractivity contribution in [2.45, 2.75) is 25.1 Å². The lowest BCUT2D eigenvalue weighted by Crippen LogP contribution is -2.21. The van der Waals surface area contributed by atoms with Crippen LogP contribution in [0.4, 0.5) is 4.39 Å². The highest BCUT2D eigenvalue weighted by Gasteiger charge is 2.05. The number of halogens is 2. The average Bonchev–Trinajstić information content (AvgIpc) is 2.22. The SMILES string of the molecule is CC(CCNCc1cc(F)cc(Cl)c1)S(C)=O. The van der Waals surface area contributed by atoms with E-state index in [0.29, 0.717) is 11.6 Å². The average molecular weight is 278 g/mol. The molecule has 1 aromatic rings. The van der Waals surface area contributed by atoms with Crippen molar-refractivity contribution in [2.24, 2.45) is 0 Å². The quantitative estimate of drug-likeness (QED) is 0.810. The van der Waals surface area contributed by atoms with Gasteiger partial charge in [-0.05, 0) is 36.7 Å². The molecule has 5 heteroatoms. The third-order valence-corrected chi connectivity index (χ3v) is 4.13. The van der Waals surface area contributed by atoms with Crippen molar-refractivity contribution in [1.82, 2.24) is 5.32 Å². The van der Waals surface area contributed by atoms with Crippen LogP contribution in [0.15, 0.2) is 18.2 Å². The summed E-state index contributed by atoms with van der Waals surface area (Å²) < 4.78 is 24.1. The van der Waals surface area contributed by atoms with Crippen LogP contribution >= 0.6 is 11.6 Å². The molecular formula is C12H17ClFNOS. The smallest absolute Gasteiger partial charge is 0.125 e. The highest BCUT2D eigenvalue weighted by molar-refractivity contribution is 7.84. The minimum atomic E-state index is -0.787. The molecule has 17 heavy (non-hydrogen) atoms. The Morgan fingerprint density at radius 3 is 2.76 bits per heavy atom. The van der Waals surface area contributed by atoms with Gasteiger partial charge in [-0.15, -0.1) is 0 Å². The second kappa shape index (κ2) is 7.09. The van der Waals surface area contributed by atoms with Gasteiger partial charge in [0.05, 0.1) is 0 Å². The van der Waals surface area contributed by atoms with Gasteiger partial charge in [-0.1, -0.05) is 18.5 Å². The third kappa shape index (κ3) is 5.61. The third-order valence-electron chi connectivity index (χ3n) is 2.55. The van der Waals surface area contributed by atoms with Crippen molar-refractivity contribution < 1.29 is 8.60 Å². The van der Waals surface area contributed by atoms with E-state index in [0.717, 1.165) is 18.5 Å². The Balaban J connectivity index is 2.33. The lowest BCUT2D eigenvalue weighted by molar-refractivity contribution is 0.612. The second-order valence-corrected chi connectivity index (χ2v) is 6.29. The Kier molecular flexibility index (Phi) is 6.09. The number of hydrogen-bond donors (Lipinski definition) is 1. The first kappa shape index (κ1) is 14.6.